The highest BCUT2D eigenvalue weighted by Gasteiger charge is 2.40. The van der Waals surface area contributed by atoms with E-state index in [1.807, 2.05) is 0 Å². The monoisotopic (exact) mass is 266 g/mol. The smallest absolute Gasteiger partial charge is 0.0697 e. The van der Waals surface area contributed by atoms with Crippen molar-refractivity contribution in [2.75, 3.05) is 6.61 Å². The normalized spacial score (nSPS) is 39.8. The van der Waals surface area contributed by atoms with Crippen molar-refractivity contribution >= 4 is 0 Å². The fourth-order valence-corrected chi connectivity index (χ4v) is 4.39. The SMILES string of the molecule is CC1CCCC(C)N1NC1CCOC2(CCCC2)C1. The van der Waals surface area contributed by atoms with Crippen LogP contribution in [0.2, 0.25) is 0 Å². The molecule has 0 aromatic rings. The van der Waals surface area contributed by atoms with Crippen molar-refractivity contribution in [1.29, 1.82) is 0 Å². The minimum Gasteiger partial charge on any atom is -0.375 e. The van der Waals surface area contributed by atoms with Gasteiger partial charge in [-0.25, -0.2) is 5.01 Å². The van der Waals surface area contributed by atoms with Crippen LogP contribution in [0.1, 0.15) is 71.6 Å². The molecule has 3 fully saturated rings. The second kappa shape index (κ2) is 5.71. The summed E-state index contributed by atoms with van der Waals surface area (Å²) in [6.45, 7) is 5.69. The van der Waals surface area contributed by atoms with Crippen molar-refractivity contribution in [1.82, 2.24) is 10.4 Å². The molecule has 3 rings (SSSR count). The minimum atomic E-state index is 0.234. The van der Waals surface area contributed by atoms with Gasteiger partial charge in [-0.2, -0.15) is 0 Å². The van der Waals surface area contributed by atoms with E-state index in [1.165, 1.54) is 57.8 Å². The number of hydrogen-bond donors (Lipinski definition) is 1. The molecule has 0 amide bonds. The molecule has 0 aromatic heterocycles. The zero-order valence-corrected chi connectivity index (χ0v) is 12.7. The summed E-state index contributed by atoms with van der Waals surface area (Å²) in [4.78, 5) is 0. The predicted octanol–water partition coefficient (Wildman–Crippen LogP) is 3.25. The highest BCUT2D eigenvalue weighted by molar-refractivity contribution is 4.93. The summed E-state index contributed by atoms with van der Waals surface area (Å²) in [6, 6.07) is 2.01. The Morgan fingerprint density at radius 1 is 1.00 bits per heavy atom. The number of rotatable bonds is 2. The summed E-state index contributed by atoms with van der Waals surface area (Å²) in [5.74, 6) is 0. The first-order chi connectivity index (χ1) is 9.19. The number of nitrogens with zero attached hydrogens (tertiary/aromatic N) is 1. The molecule has 1 aliphatic carbocycles. The average molecular weight is 266 g/mol. The number of nitrogens with one attached hydrogen (secondary N) is 1. The maximum absolute atomic E-state index is 6.14. The van der Waals surface area contributed by atoms with Gasteiger partial charge in [0.2, 0.25) is 0 Å². The van der Waals surface area contributed by atoms with Gasteiger partial charge < -0.3 is 4.74 Å². The lowest BCUT2D eigenvalue weighted by Gasteiger charge is -2.45. The molecule has 110 valence electrons. The van der Waals surface area contributed by atoms with Crippen LogP contribution >= 0.6 is 0 Å². The van der Waals surface area contributed by atoms with Crippen LogP contribution in [0.3, 0.4) is 0 Å². The molecule has 2 aliphatic heterocycles. The number of piperidine rings is 1. The van der Waals surface area contributed by atoms with Crippen LogP contribution in [0.4, 0.5) is 0 Å². The summed E-state index contributed by atoms with van der Waals surface area (Å²) < 4.78 is 6.14. The van der Waals surface area contributed by atoms with Crippen LogP contribution in [-0.2, 0) is 4.74 Å². The van der Waals surface area contributed by atoms with Crippen molar-refractivity contribution < 1.29 is 4.74 Å². The van der Waals surface area contributed by atoms with Crippen LogP contribution in [0.15, 0.2) is 0 Å². The summed E-state index contributed by atoms with van der Waals surface area (Å²) in [6.07, 6.45) is 11.8. The predicted molar refractivity (Wildman–Crippen MR) is 77.9 cm³/mol. The molecule has 0 aromatic carbocycles. The highest BCUT2D eigenvalue weighted by atomic mass is 16.5. The lowest BCUT2D eigenvalue weighted by Crippen LogP contribution is -2.58. The van der Waals surface area contributed by atoms with Crippen LogP contribution in [-0.4, -0.2) is 35.3 Å². The van der Waals surface area contributed by atoms with Crippen LogP contribution in [0.5, 0.6) is 0 Å². The van der Waals surface area contributed by atoms with E-state index in [2.05, 4.69) is 24.3 Å². The Morgan fingerprint density at radius 3 is 2.37 bits per heavy atom. The van der Waals surface area contributed by atoms with Crippen molar-refractivity contribution in [2.45, 2.75) is 95.4 Å². The van der Waals surface area contributed by atoms with E-state index in [-0.39, 0.29) is 5.60 Å². The second-order valence-electron chi connectivity index (χ2n) is 7.09. The first-order valence-corrected chi connectivity index (χ1v) is 8.37. The summed E-state index contributed by atoms with van der Waals surface area (Å²) in [5, 5.41) is 2.54. The van der Waals surface area contributed by atoms with Crippen LogP contribution in [0, 0.1) is 0 Å². The van der Waals surface area contributed by atoms with Gasteiger partial charge >= 0.3 is 0 Å². The first kappa shape index (κ1) is 13.8. The minimum absolute atomic E-state index is 0.234. The van der Waals surface area contributed by atoms with E-state index in [9.17, 15) is 0 Å². The fraction of sp³-hybridized carbons (Fsp3) is 1.00. The lowest BCUT2D eigenvalue weighted by atomic mass is 9.89. The van der Waals surface area contributed by atoms with Gasteiger partial charge in [-0.15, -0.1) is 0 Å². The van der Waals surface area contributed by atoms with Crippen molar-refractivity contribution in [3.63, 3.8) is 0 Å². The van der Waals surface area contributed by atoms with Crippen LogP contribution in [0.25, 0.3) is 0 Å². The third-order valence-corrected chi connectivity index (χ3v) is 5.53. The van der Waals surface area contributed by atoms with Gasteiger partial charge in [0.1, 0.15) is 0 Å². The van der Waals surface area contributed by atoms with E-state index in [4.69, 9.17) is 4.74 Å². The van der Waals surface area contributed by atoms with Gasteiger partial charge in [0.25, 0.3) is 0 Å². The van der Waals surface area contributed by atoms with E-state index in [1.54, 1.807) is 0 Å². The molecule has 1 spiro atoms. The quantitative estimate of drug-likeness (QED) is 0.830. The molecule has 0 bridgehead atoms. The third kappa shape index (κ3) is 2.98. The maximum Gasteiger partial charge on any atom is 0.0697 e. The Kier molecular flexibility index (Phi) is 4.16. The fourth-order valence-electron chi connectivity index (χ4n) is 4.39. The van der Waals surface area contributed by atoms with Crippen LogP contribution < -0.4 is 5.43 Å². The Hall–Kier alpha value is -0.120. The number of hydrogen-bond acceptors (Lipinski definition) is 3. The molecule has 2 heterocycles. The summed E-state index contributed by atoms with van der Waals surface area (Å²) in [5.41, 5.74) is 4.10. The average Bonchev–Trinajstić information content (AvgIpc) is 2.82. The second-order valence-corrected chi connectivity index (χ2v) is 7.09. The topological polar surface area (TPSA) is 24.5 Å². The number of ether oxygens (including phenoxy) is 1. The molecule has 1 saturated carbocycles. The largest absolute Gasteiger partial charge is 0.375 e. The van der Waals surface area contributed by atoms with Gasteiger partial charge in [-0.05, 0) is 52.4 Å². The Morgan fingerprint density at radius 2 is 1.68 bits per heavy atom. The third-order valence-electron chi connectivity index (χ3n) is 5.53. The lowest BCUT2D eigenvalue weighted by molar-refractivity contribution is -0.0997. The van der Waals surface area contributed by atoms with Crippen molar-refractivity contribution in [3.05, 3.63) is 0 Å². The zero-order valence-electron chi connectivity index (χ0n) is 12.7. The molecule has 3 unspecified atom stereocenters. The number of hydrazine groups is 1. The van der Waals surface area contributed by atoms with Gasteiger partial charge in [-0.3, -0.25) is 5.43 Å². The molecule has 1 N–H and O–H groups in total. The zero-order chi connectivity index (χ0) is 13.3. The molecule has 3 atom stereocenters. The van der Waals surface area contributed by atoms with Crippen molar-refractivity contribution in [2.24, 2.45) is 0 Å². The molecule has 0 radical (unpaired) electrons. The first-order valence-electron chi connectivity index (χ1n) is 8.37. The molecule has 3 heteroatoms. The van der Waals surface area contributed by atoms with Gasteiger partial charge in [0, 0.05) is 24.7 Å². The summed E-state index contributed by atoms with van der Waals surface area (Å²) >= 11 is 0. The Balaban J connectivity index is 1.59. The van der Waals surface area contributed by atoms with E-state index < -0.39 is 0 Å². The van der Waals surface area contributed by atoms with Gasteiger partial charge in [0.15, 0.2) is 0 Å². The molecular weight excluding hydrogens is 236 g/mol. The van der Waals surface area contributed by atoms with Gasteiger partial charge in [-0.1, -0.05) is 19.3 Å². The van der Waals surface area contributed by atoms with Crippen molar-refractivity contribution in [3.8, 4) is 0 Å². The standard InChI is InChI=1S/C16H30N2O/c1-13-6-5-7-14(2)18(13)17-15-8-11-19-16(12-15)9-3-4-10-16/h13-15,17H,3-12H2,1-2H3. The molecular formula is C16H30N2O. The van der Waals surface area contributed by atoms with E-state index in [0.717, 1.165) is 6.61 Å². The maximum atomic E-state index is 6.14. The molecule has 19 heavy (non-hydrogen) atoms. The molecule has 2 saturated heterocycles. The highest BCUT2D eigenvalue weighted by Crippen LogP contribution is 2.40. The summed E-state index contributed by atoms with van der Waals surface area (Å²) in [7, 11) is 0. The molecule has 3 nitrogen and oxygen atoms in total. The van der Waals surface area contributed by atoms with E-state index in [0.29, 0.717) is 18.1 Å². The van der Waals surface area contributed by atoms with E-state index >= 15 is 0 Å². The molecule has 3 aliphatic rings. The Bertz CT molecular complexity index is 291. The Labute approximate surface area is 118 Å². The van der Waals surface area contributed by atoms with Gasteiger partial charge in [0.05, 0.1) is 5.60 Å².